The van der Waals surface area contributed by atoms with Crippen molar-refractivity contribution in [2.24, 2.45) is 0 Å². The van der Waals surface area contributed by atoms with Gasteiger partial charge in [0.15, 0.2) is 0 Å². The van der Waals surface area contributed by atoms with Crippen molar-refractivity contribution in [1.82, 2.24) is 4.90 Å². The van der Waals surface area contributed by atoms with E-state index in [9.17, 15) is 9.59 Å². The van der Waals surface area contributed by atoms with E-state index in [2.05, 4.69) is 0 Å². The Morgan fingerprint density at radius 2 is 1.74 bits per heavy atom. The minimum absolute atomic E-state index is 0.174. The van der Waals surface area contributed by atoms with Gasteiger partial charge in [0.05, 0.1) is 21.5 Å². The van der Waals surface area contributed by atoms with E-state index in [1.165, 1.54) is 4.90 Å². The van der Waals surface area contributed by atoms with Crippen molar-refractivity contribution in [2.45, 2.75) is 6.54 Å². The van der Waals surface area contributed by atoms with Gasteiger partial charge in [-0.15, -0.1) is 0 Å². The fourth-order valence-electron chi connectivity index (χ4n) is 2.16. The largest absolute Gasteiger partial charge is 0.293 e. The Hall–Kier alpha value is -1.75. The first-order valence-corrected chi connectivity index (χ1v) is 8.36. The summed E-state index contributed by atoms with van der Waals surface area (Å²) in [4.78, 5) is 26.2. The van der Waals surface area contributed by atoms with Crippen molar-refractivity contribution in [3.63, 3.8) is 0 Å². The molecule has 0 N–H and O–H groups in total. The lowest BCUT2D eigenvalue weighted by Crippen LogP contribution is -2.27. The first-order chi connectivity index (χ1) is 11.0. The molecule has 3 rings (SSSR count). The van der Waals surface area contributed by atoms with Gasteiger partial charge in [0.1, 0.15) is 0 Å². The quantitative estimate of drug-likeness (QED) is 0.700. The van der Waals surface area contributed by atoms with Gasteiger partial charge in [0, 0.05) is 0 Å². The SMILES string of the molecule is O=C1S/C(=C\c2ccccc2)C(=O)N1Cc1ccc(Cl)c(Cl)c1. The van der Waals surface area contributed by atoms with Crippen LogP contribution in [0.25, 0.3) is 6.08 Å². The number of thioether (sulfide) groups is 1. The third-order valence-electron chi connectivity index (χ3n) is 3.30. The summed E-state index contributed by atoms with van der Waals surface area (Å²) >= 11 is 12.8. The molecule has 0 radical (unpaired) electrons. The molecule has 116 valence electrons. The van der Waals surface area contributed by atoms with Crippen molar-refractivity contribution in [1.29, 1.82) is 0 Å². The van der Waals surface area contributed by atoms with Crippen LogP contribution in [0.2, 0.25) is 10.0 Å². The van der Waals surface area contributed by atoms with Crippen LogP contribution in [-0.4, -0.2) is 16.0 Å². The van der Waals surface area contributed by atoms with E-state index in [1.807, 2.05) is 30.3 Å². The number of hydrogen-bond acceptors (Lipinski definition) is 3. The fourth-order valence-corrected chi connectivity index (χ4v) is 3.32. The molecule has 0 aromatic heterocycles. The summed E-state index contributed by atoms with van der Waals surface area (Å²) < 4.78 is 0. The van der Waals surface area contributed by atoms with Gasteiger partial charge in [-0.1, -0.05) is 59.6 Å². The summed E-state index contributed by atoms with van der Waals surface area (Å²) in [6.45, 7) is 0.174. The zero-order valence-electron chi connectivity index (χ0n) is 11.8. The first kappa shape index (κ1) is 16.1. The number of hydrogen-bond donors (Lipinski definition) is 0. The van der Waals surface area contributed by atoms with E-state index >= 15 is 0 Å². The van der Waals surface area contributed by atoms with E-state index in [0.29, 0.717) is 15.0 Å². The summed E-state index contributed by atoms with van der Waals surface area (Å²) in [5.74, 6) is -0.296. The van der Waals surface area contributed by atoms with Crippen LogP contribution in [0.4, 0.5) is 4.79 Å². The second-order valence-electron chi connectivity index (χ2n) is 4.93. The summed E-state index contributed by atoms with van der Waals surface area (Å²) in [6, 6.07) is 14.5. The molecule has 1 saturated heterocycles. The van der Waals surface area contributed by atoms with Gasteiger partial charge < -0.3 is 0 Å². The predicted molar refractivity (Wildman–Crippen MR) is 94.4 cm³/mol. The summed E-state index contributed by atoms with van der Waals surface area (Å²) in [6.07, 6.45) is 1.72. The molecular weight excluding hydrogens is 353 g/mol. The highest BCUT2D eigenvalue weighted by molar-refractivity contribution is 8.18. The number of imide groups is 1. The van der Waals surface area contributed by atoms with Gasteiger partial charge >= 0.3 is 0 Å². The molecule has 1 heterocycles. The zero-order valence-corrected chi connectivity index (χ0v) is 14.2. The van der Waals surface area contributed by atoms with E-state index < -0.39 is 0 Å². The second-order valence-corrected chi connectivity index (χ2v) is 6.73. The number of rotatable bonds is 3. The third kappa shape index (κ3) is 3.61. The molecule has 2 aromatic carbocycles. The van der Waals surface area contributed by atoms with Crippen LogP contribution in [0.5, 0.6) is 0 Å². The standard InChI is InChI=1S/C17H11Cl2NO2S/c18-13-7-6-12(8-14(13)19)10-20-16(21)15(23-17(20)22)9-11-4-2-1-3-5-11/h1-9H,10H2/b15-9-. The maximum Gasteiger partial charge on any atom is 0.293 e. The predicted octanol–water partition coefficient (Wildman–Crippen LogP) is 5.23. The minimum atomic E-state index is -0.296. The highest BCUT2D eigenvalue weighted by Gasteiger charge is 2.34. The van der Waals surface area contributed by atoms with E-state index in [-0.39, 0.29) is 17.7 Å². The van der Waals surface area contributed by atoms with E-state index in [1.54, 1.807) is 24.3 Å². The average molecular weight is 364 g/mol. The summed E-state index contributed by atoms with van der Waals surface area (Å²) in [7, 11) is 0. The molecule has 1 aliphatic heterocycles. The molecule has 0 aliphatic carbocycles. The van der Waals surface area contributed by atoms with Crippen LogP contribution in [0.15, 0.2) is 53.4 Å². The van der Waals surface area contributed by atoms with Gasteiger partial charge in [-0.25, -0.2) is 0 Å². The number of carbonyl (C=O) groups is 2. The molecule has 2 aromatic rings. The van der Waals surface area contributed by atoms with E-state index in [0.717, 1.165) is 22.9 Å². The first-order valence-electron chi connectivity index (χ1n) is 6.79. The Balaban J connectivity index is 1.81. The monoisotopic (exact) mass is 363 g/mol. The van der Waals surface area contributed by atoms with Crippen LogP contribution >= 0.6 is 35.0 Å². The molecule has 3 nitrogen and oxygen atoms in total. The number of benzene rings is 2. The number of nitrogens with zero attached hydrogens (tertiary/aromatic N) is 1. The molecule has 2 amide bonds. The summed E-state index contributed by atoms with van der Waals surface area (Å²) in [5.41, 5.74) is 1.63. The molecule has 23 heavy (non-hydrogen) atoms. The van der Waals surface area contributed by atoms with Crippen molar-refractivity contribution in [2.75, 3.05) is 0 Å². The molecule has 0 unspecified atom stereocenters. The Kier molecular flexibility index (Phi) is 4.76. The minimum Gasteiger partial charge on any atom is -0.268 e. The summed E-state index contributed by atoms with van der Waals surface area (Å²) in [5, 5.41) is 0.549. The second kappa shape index (κ2) is 6.79. The van der Waals surface area contributed by atoms with Crippen LogP contribution in [0, 0.1) is 0 Å². The number of amides is 2. The molecule has 0 bridgehead atoms. The maximum absolute atomic E-state index is 12.4. The van der Waals surface area contributed by atoms with Gasteiger partial charge in [0.2, 0.25) is 0 Å². The molecule has 0 saturated carbocycles. The average Bonchev–Trinajstić information content (AvgIpc) is 2.79. The van der Waals surface area contributed by atoms with Crippen LogP contribution in [0.1, 0.15) is 11.1 Å². The lowest BCUT2D eigenvalue weighted by Gasteiger charge is -2.12. The molecule has 0 spiro atoms. The van der Waals surface area contributed by atoms with Crippen LogP contribution in [-0.2, 0) is 11.3 Å². The van der Waals surface area contributed by atoms with Crippen LogP contribution in [0.3, 0.4) is 0 Å². The lowest BCUT2D eigenvalue weighted by atomic mass is 10.2. The molecule has 1 fully saturated rings. The Morgan fingerprint density at radius 1 is 1.00 bits per heavy atom. The van der Waals surface area contributed by atoms with Gasteiger partial charge in [-0.2, -0.15) is 0 Å². The Morgan fingerprint density at radius 3 is 2.43 bits per heavy atom. The fraction of sp³-hybridized carbons (Fsp3) is 0.0588. The van der Waals surface area contributed by atoms with Crippen molar-refractivity contribution >= 4 is 52.2 Å². The maximum atomic E-state index is 12.4. The van der Waals surface area contributed by atoms with Crippen molar-refractivity contribution in [3.05, 3.63) is 74.6 Å². The number of carbonyl (C=O) groups excluding carboxylic acids is 2. The highest BCUT2D eigenvalue weighted by Crippen LogP contribution is 2.34. The molecule has 6 heteroatoms. The third-order valence-corrected chi connectivity index (χ3v) is 4.94. The Labute approximate surface area is 147 Å². The smallest absolute Gasteiger partial charge is 0.268 e. The van der Waals surface area contributed by atoms with Crippen molar-refractivity contribution < 1.29 is 9.59 Å². The molecule has 1 aliphatic rings. The van der Waals surface area contributed by atoms with Crippen LogP contribution < -0.4 is 0 Å². The van der Waals surface area contributed by atoms with Gasteiger partial charge in [-0.05, 0) is 41.1 Å². The number of halogens is 2. The van der Waals surface area contributed by atoms with Gasteiger partial charge in [0.25, 0.3) is 11.1 Å². The Bertz CT molecular complexity index is 805. The highest BCUT2D eigenvalue weighted by atomic mass is 35.5. The topological polar surface area (TPSA) is 37.4 Å². The zero-order chi connectivity index (χ0) is 16.4. The lowest BCUT2D eigenvalue weighted by molar-refractivity contribution is -0.123. The normalized spacial score (nSPS) is 16.4. The van der Waals surface area contributed by atoms with Gasteiger partial charge in [-0.3, -0.25) is 14.5 Å². The van der Waals surface area contributed by atoms with Crippen molar-refractivity contribution in [3.8, 4) is 0 Å². The molecular formula is C17H11Cl2NO2S. The van der Waals surface area contributed by atoms with E-state index in [4.69, 9.17) is 23.2 Å². The molecule has 0 atom stereocenters.